The lowest BCUT2D eigenvalue weighted by Crippen LogP contribution is -2.06. The fourth-order valence-corrected chi connectivity index (χ4v) is 4.12. The van der Waals surface area contributed by atoms with Crippen LogP contribution >= 0.6 is 0 Å². The smallest absolute Gasteiger partial charge is 0.335 e. The standard InChI is InChI=1S/C25H21FO4.C3H6O2.C2H6/c26-21-12-14-22(29-18-9-5-17(6-10-18)25(27)28)20-11-13-23(24(20)21)30-19-7-3-16(4-8-19)15-1-2-15;1-2-5-3-4;1-2/h3-10,12,14-15,23H,1-2,11,13H2,(H,27,28);3H,2H2,1H3;1-2H3. The minimum absolute atomic E-state index is 0.188. The number of carbonyl (C=O) groups is 2. The highest BCUT2D eigenvalue weighted by atomic mass is 19.1. The summed E-state index contributed by atoms with van der Waals surface area (Å²) in [6.07, 6.45) is 3.48. The van der Waals surface area contributed by atoms with Crippen LogP contribution in [0.3, 0.4) is 0 Å². The van der Waals surface area contributed by atoms with Gasteiger partial charge in [-0.3, -0.25) is 4.79 Å². The van der Waals surface area contributed by atoms with Crippen molar-refractivity contribution in [3.8, 4) is 17.2 Å². The molecule has 0 heterocycles. The average Bonchev–Trinajstić information content (AvgIpc) is 3.68. The van der Waals surface area contributed by atoms with Crippen molar-refractivity contribution in [1.82, 2.24) is 0 Å². The number of hydrogen-bond donors (Lipinski definition) is 1. The second-order valence-electron chi connectivity index (χ2n) is 8.41. The van der Waals surface area contributed by atoms with Gasteiger partial charge in [-0.15, -0.1) is 0 Å². The highest BCUT2D eigenvalue weighted by Gasteiger charge is 2.31. The van der Waals surface area contributed by atoms with Gasteiger partial charge in [-0.1, -0.05) is 26.0 Å². The van der Waals surface area contributed by atoms with E-state index in [1.54, 1.807) is 25.1 Å². The van der Waals surface area contributed by atoms with Crippen LogP contribution in [0.4, 0.5) is 4.39 Å². The number of carboxylic acid groups (broad SMARTS) is 1. The van der Waals surface area contributed by atoms with E-state index < -0.39 is 5.97 Å². The number of hydrogen-bond acceptors (Lipinski definition) is 5. The van der Waals surface area contributed by atoms with Crippen LogP contribution in [0.25, 0.3) is 0 Å². The molecule has 0 aliphatic heterocycles. The van der Waals surface area contributed by atoms with Crippen molar-refractivity contribution >= 4 is 12.4 Å². The van der Waals surface area contributed by atoms with Crippen LogP contribution in [0, 0.1) is 5.82 Å². The van der Waals surface area contributed by atoms with Crippen molar-refractivity contribution in [3.63, 3.8) is 0 Å². The van der Waals surface area contributed by atoms with Crippen molar-refractivity contribution in [1.29, 1.82) is 0 Å². The summed E-state index contributed by atoms with van der Waals surface area (Å²) in [6, 6.07) is 17.3. The Bertz CT molecular complexity index is 1170. The average molecular weight is 509 g/mol. The lowest BCUT2D eigenvalue weighted by molar-refractivity contribution is -0.128. The normalized spacial score (nSPS) is 15.2. The summed E-state index contributed by atoms with van der Waals surface area (Å²) in [7, 11) is 0. The summed E-state index contributed by atoms with van der Waals surface area (Å²) in [5.41, 5.74) is 2.87. The van der Waals surface area contributed by atoms with Gasteiger partial charge in [-0.25, -0.2) is 9.18 Å². The zero-order valence-electron chi connectivity index (χ0n) is 21.4. The first-order valence-corrected chi connectivity index (χ1v) is 12.6. The highest BCUT2D eigenvalue weighted by Crippen LogP contribution is 2.43. The van der Waals surface area contributed by atoms with Gasteiger partial charge >= 0.3 is 5.97 Å². The van der Waals surface area contributed by atoms with E-state index >= 15 is 0 Å². The van der Waals surface area contributed by atoms with E-state index in [0.29, 0.717) is 48.9 Å². The lowest BCUT2D eigenvalue weighted by atomic mass is 10.1. The van der Waals surface area contributed by atoms with Crippen molar-refractivity contribution in [3.05, 3.63) is 88.7 Å². The van der Waals surface area contributed by atoms with Gasteiger partial charge in [0.05, 0.1) is 12.2 Å². The predicted octanol–water partition coefficient (Wildman–Crippen LogP) is 7.47. The van der Waals surface area contributed by atoms with Crippen molar-refractivity contribution < 1.29 is 33.3 Å². The molecule has 5 rings (SSSR count). The SMILES string of the molecule is CC.CCOC=O.O=C(O)c1ccc(Oc2ccc(F)c3c2CCC3Oc2ccc(C3CC3)cc2)cc1. The predicted molar refractivity (Wildman–Crippen MR) is 139 cm³/mol. The van der Waals surface area contributed by atoms with Crippen LogP contribution in [-0.2, 0) is 16.0 Å². The Balaban J connectivity index is 0.000000489. The Kier molecular flexibility index (Phi) is 10.1. The van der Waals surface area contributed by atoms with Gasteiger partial charge in [-0.2, -0.15) is 0 Å². The molecule has 2 aliphatic rings. The largest absolute Gasteiger partial charge is 0.486 e. The molecule has 7 heteroatoms. The number of halogens is 1. The topological polar surface area (TPSA) is 82.1 Å². The van der Waals surface area contributed by atoms with E-state index in [2.05, 4.69) is 16.9 Å². The van der Waals surface area contributed by atoms with Crippen LogP contribution in [0.1, 0.15) is 79.1 Å². The van der Waals surface area contributed by atoms with Crippen molar-refractivity contribution in [2.75, 3.05) is 6.61 Å². The number of fused-ring (bicyclic) bond motifs is 1. The molecular weight excluding hydrogens is 475 g/mol. The third-order valence-electron chi connectivity index (χ3n) is 6.01. The first kappa shape index (κ1) is 27.7. The summed E-state index contributed by atoms with van der Waals surface area (Å²) in [6.45, 7) is 6.66. The third kappa shape index (κ3) is 7.32. The summed E-state index contributed by atoms with van der Waals surface area (Å²) in [5.74, 6) is 1.23. The minimum Gasteiger partial charge on any atom is -0.486 e. The molecule has 2 aliphatic carbocycles. The zero-order chi connectivity index (χ0) is 26.8. The monoisotopic (exact) mass is 508 g/mol. The number of benzene rings is 3. The van der Waals surface area contributed by atoms with Crippen LogP contribution < -0.4 is 9.47 Å². The van der Waals surface area contributed by atoms with Gasteiger partial charge in [0, 0.05) is 11.1 Å². The molecule has 1 fully saturated rings. The zero-order valence-corrected chi connectivity index (χ0v) is 21.4. The molecule has 0 bridgehead atoms. The number of ether oxygens (including phenoxy) is 3. The molecule has 3 aromatic carbocycles. The lowest BCUT2D eigenvalue weighted by Gasteiger charge is -2.17. The second kappa shape index (κ2) is 13.4. The van der Waals surface area contributed by atoms with Crippen molar-refractivity contribution in [2.45, 2.75) is 58.5 Å². The Morgan fingerprint density at radius 3 is 2.16 bits per heavy atom. The maximum absolute atomic E-state index is 14.7. The Morgan fingerprint density at radius 2 is 1.62 bits per heavy atom. The molecule has 37 heavy (non-hydrogen) atoms. The maximum atomic E-state index is 14.7. The quantitative estimate of drug-likeness (QED) is 0.318. The molecule has 0 aromatic heterocycles. The first-order chi connectivity index (χ1) is 18.0. The van der Waals surface area contributed by atoms with Gasteiger partial charge in [-0.05, 0) is 92.6 Å². The van der Waals surface area contributed by atoms with E-state index in [-0.39, 0.29) is 17.5 Å². The fraction of sp³-hybridized carbons (Fsp3) is 0.333. The summed E-state index contributed by atoms with van der Waals surface area (Å²) >= 11 is 0. The van der Waals surface area contributed by atoms with E-state index in [1.165, 1.54) is 36.6 Å². The molecule has 1 saturated carbocycles. The van der Waals surface area contributed by atoms with Gasteiger partial charge < -0.3 is 19.3 Å². The van der Waals surface area contributed by atoms with Crippen molar-refractivity contribution in [2.24, 2.45) is 0 Å². The molecule has 6 nitrogen and oxygen atoms in total. The number of aromatic carboxylic acids is 1. The molecule has 1 unspecified atom stereocenters. The van der Waals surface area contributed by atoms with E-state index in [9.17, 15) is 14.0 Å². The Hall–Kier alpha value is -3.87. The van der Waals surface area contributed by atoms with Crippen LogP contribution in [-0.4, -0.2) is 24.2 Å². The Labute approximate surface area is 217 Å². The maximum Gasteiger partial charge on any atom is 0.335 e. The second-order valence-corrected chi connectivity index (χ2v) is 8.41. The summed E-state index contributed by atoms with van der Waals surface area (Å²) in [5, 5.41) is 9.02. The van der Waals surface area contributed by atoms with Crippen LogP contribution in [0.5, 0.6) is 17.2 Å². The molecule has 3 aromatic rings. The number of rotatable bonds is 8. The van der Waals surface area contributed by atoms with Crippen LogP contribution in [0.2, 0.25) is 0 Å². The number of carbonyl (C=O) groups excluding carboxylic acids is 1. The highest BCUT2D eigenvalue weighted by molar-refractivity contribution is 5.87. The Morgan fingerprint density at radius 1 is 0.973 bits per heavy atom. The minimum atomic E-state index is -0.991. The molecule has 0 saturated heterocycles. The van der Waals surface area contributed by atoms with Gasteiger partial charge in [0.1, 0.15) is 29.2 Å². The molecule has 1 N–H and O–H groups in total. The fourth-order valence-electron chi connectivity index (χ4n) is 4.12. The van der Waals surface area contributed by atoms with E-state index in [4.69, 9.17) is 14.6 Å². The molecule has 196 valence electrons. The molecule has 1 atom stereocenters. The summed E-state index contributed by atoms with van der Waals surface area (Å²) in [4.78, 5) is 20.2. The molecule has 0 radical (unpaired) electrons. The van der Waals surface area contributed by atoms with Gasteiger partial charge in [0.25, 0.3) is 6.47 Å². The molecule has 0 amide bonds. The molecular formula is C30H33FO6. The number of carboxylic acids is 1. The molecule has 0 spiro atoms. The first-order valence-electron chi connectivity index (χ1n) is 12.6. The van der Waals surface area contributed by atoms with E-state index in [0.717, 1.165) is 11.3 Å². The van der Waals surface area contributed by atoms with Gasteiger partial charge in [0.2, 0.25) is 0 Å². The third-order valence-corrected chi connectivity index (χ3v) is 6.01. The summed E-state index contributed by atoms with van der Waals surface area (Å²) < 4.78 is 30.9. The van der Waals surface area contributed by atoms with Crippen LogP contribution in [0.15, 0.2) is 60.7 Å². The van der Waals surface area contributed by atoms with Gasteiger partial charge in [0.15, 0.2) is 0 Å². The van der Waals surface area contributed by atoms with E-state index in [1.807, 2.05) is 26.0 Å².